The predicted octanol–water partition coefficient (Wildman–Crippen LogP) is 1.20. The van der Waals surface area contributed by atoms with E-state index in [0.29, 0.717) is 17.4 Å². The van der Waals surface area contributed by atoms with Gasteiger partial charge in [0, 0.05) is 48.3 Å². The first-order valence-electron chi connectivity index (χ1n) is 6.41. The average molecular weight is 261 g/mol. The number of H-pyrrole nitrogens is 1. The van der Waals surface area contributed by atoms with E-state index in [1.165, 1.54) is 12.1 Å². The second-order valence-corrected chi connectivity index (χ2v) is 5.13. The van der Waals surface area contributed by atoms with Gasteiger partial charge in [0.05, 0.1) is 0 Å². The lowest BCUT2D eigenvalue weighted by Gasteiger charge is -2.15. The number of hydrogen-bond acceptors (Lipinski definition) is 3. The molecule has 19 heavy (non-hydrogen) atoms. The Morgan fingerprint density at radius 2 is 2.26 bits per heavy atom. The zero-order valence-electron chi connectivity index (χ0n) is 10.5. The van der Waals surface area contributed by atoms with Crippen molar-refractivity contribution in [3.05, 3.63) is 46.0 Å². The molecule has 100 valence electrons. The molecule has 4 nitrogen and oxygen atoms in total. The molecular formula is C14H16FN3O. The van der Waals surface area contributed by atoms with Gasteiger partial charge in [-0.25, -0.2) is 4.39 Å². The number of nitrogens with one attached hydrogen (secondary N) is 1. The van der Waals surface area contributed by atoms with Crippen molar-refractivity contribution in [2.45, 2.75) is 19.0 Å². The van der Waals surface area contributed by atoms with Crippen molar-refractivity contribution in [2.75, 3.05) is 13.1 Å². The first-order valence-corrected chi connectivity index (χ1v) is 6.41. The van der Waals surface area contributed by atoms with E-state index in [1.54, 1.807) is 12.1 Å². The van der Waals surface area contributed by atoms with Gasteiger partial charge in [-0.2, -0.15) is 0 Å². The molecule has 1 fully saturated rings. The van der Waals surface area contributed by atoms with Gasteiger partial charge in [0.2, 0.25) is 0 Å². The Morgan fingerprint density at radius 1 is 1.42 bits per heavy atom. The third kappa shape index (κ3) is 2.52. The number of likely N-dealkylation sites (tertiary alicyclic amines) is 1. The van der Waals surface area contributed by atoms with Crippen LogP contribution in [-0.2, 0) is 6.54 Å². The topological polar surface area (TPSA) is 62.1 Å². The van der Waals surface area contributed by atoms with Crippen molar-refractivity contribution < 1.29 is 4.39 Å². The van der Waals surface area contributed by atoms with E-state index in [9.17, 15) is 9.18 Å². The van der Waals surface area contributed by atoms with Gasteiger partial charge >= 0.3 is 0 Å². The van der Waals surface area contributed by atoms with Crippen molar-refractivity contribution in [3.8, 4) is 0 Å². The fraction of sp³-hybridized carbons (Fsp3) is 0.357. The second kappa shape index (κ2) is 4.75. The maximum Gasteiger partial charge on any atom is 0.189 e. The molecule has 1 aromatic carbocycles. The second-order valence-electron chi connectivity index (χ2n) is 5.13. The molecular weight excluding hydrogens is 245 g/mol. The molecule has 0 amide bonds. The van der Waals surface area contributed by atoms with Crippen LogP contribution in [0.2, 0.25) is 0 Å². The summed E-state index contributed by atoms with van der Waals surface area (Å²) in [6, 6.07) is 6.00. The Bertz CT molecular complexity index is 667. The Kier molecular flexibility index (Phi) is 3.08. The molecule has 1 aliphatic heterocycles. The van der Waals surface area contributed by atoms with Crippen molar-refractivity contribution in [1.29, 1.82) is 0 Å². The number of nitrogens with two attached hydrogens (primary N) is 1. The zero-order chi connectivity index (χ0) is 13.4. The standard InChI is InChI=1S/C14H16FN3O/c15-9-1-2-13-12(5-9)14(19)6-11(17-13)8-18-4-3-10(16)7-18/h1-2,5-6,10H,3-4,7-8,16H2,(H,17,19)/t10-/m0/s1. The third-order valence-corrected chi connectivity index (χ3v) is 3.55. The van der Waals surface area contributed by atoms with Gasteiger partial charge in [0.25, 0.3) is 0 Å². The van der Waals surface area contributed by atoms with Crippen molar-refractivity contribution in [3.63, 3.8) is 0 Å². The molecule has 3 rings (SSSR count). The van der Waals surface area contributed by atoms with Crippen LogP contribution in [0.3, 0.4) is 0 Å². The number of halogens is 1. The molecule has 2 heterocycles. The number of aromatic nitrogens is 1. The lowest BCUT2D eigenvalue weighted by molar-refractivity contribution is 0.323. The first-order chi connectivity index (χ1) is 9.11. The highest BCUT2D eigenvalue weighted by atomic mass is 19.1. The van der Waals surface area contributed by atoms with E-state index < -0.39 is 5.82 Å². The quantitative estimate of drug-likeness (QED) is 0.854. The first kappa shape index (κ1) is 12.3. The van der Waals surface area contributed by atoms with E-state index in [2.05, 4.69) is 9.88 Å². The minimum Gasteiger partial charge on any atom is -0.357 e. The molecule has 2 aromatic rings. The lowest BCUT2D eigenvalue weighted by atomic mass is 10.2. The molecule has 0 bridgehead atoms. The average Bonchev–Trinajstić information content (AvgIpc) is 2.76. The minimum atomic E-state index is -0.392. The number of benzene rings is 1. The molecule has 0 radical (unpaired) electrons. The monoisotopic (exact) mass is 261 g/mol. The molecule has 1 atom stereocenters. The van der Waals surface area contributed by atoms with E-state index >= 15 is 0 Å². The number of pyridine rings is 1. The normalized spacial score (nSPS) is 20.2. The van der Waals surface area contributed by atoms with Crippen molar-refractivity contribution in [2.24, 2.45) is 5.73 Å². The number of rotatable bonds is 2. The van der Waals surface area contributed by atoms with E-state index in [1.807, 2.05) is 0 Å². The number of aromatic amines is 1. The maximum absolute atomic E-state index is 13.1. The Labute approximate surface area is 110 Å². The minimum absolute atomic E-state index is 0.147. The summed E-state index contributed by atoms with van der Waals surface area (Å²) in [4.78, 5) is 17.4. The summed E-state index contributed by atoms with van der Waals surface area (Å²) in [5.74, 6) is -0.392. The highest BCUT2D eigenvalue weighted by Gasteiger charge is 2.19. The van der Waals surface area contributed by atoms with Gasteiger partial charge in [0.15, 0.2) is 5.43 Å². The van der Waals surface area contributed by atoms with Crippen LogP contribution < -0.4 is 11.2 Å². The van der Waals surface area contributed by atoms with Crippen molar-refractivity contribution in [1.82, 2.24) is 9.88 Å². The van der Waals surface area contributed by atoms with Gasteiger partial charge in [-0.3, -0.25) is 9.69 Å². The van der Waals surface area contributed by atoms with Crippen molar-refractivity contribution >= 4 is 10.9 Å². The molecule has 0 spiro atoms. The van der Waals surface area contributed by atoms with Gasteiger partial charge < -0.3 is 10.7 Å². The molecule has 1 saturated heterocycles. The van der Waals surface area contributed by atoms with Crippen LogP contribution in [0.25, 0.3) is 10.9 Å². The maximum atomic E-state index is 13.1. The van der Waals surface area contributed by atoms with Gasteiger partial charge in [-0.05, 0) is 24.6 Å². The predicted molar refractivity (Wildman–Crippen MR) is 72.4 cm³/mol. The lowest BCUT2D eigenvalue weighted by Crippen LogP contribution is -2.26. The third-order valence-electron chi connectivity index (χ3n) is 3.55. The van der Waals surface area contributed by atoms with Crippen LogP contribution in [-0.4, -0.2) is 29.0 Å². The number of nitrogens with zero attached hydrogens (tertiary/aromatic N) is 1. The highest BCUT2D eigenvalue weighted by Crippen LogP contribution is 2.14. The smallest absolute Gasteiger partial charge is 0.189 e. The van der Waals surface area contributed by atoms with Crippen LogP contribution in [0.5, 0.6) is 0 Å². The molecule has 5 heteroatoms. The summed E-state index contributed by atoms with van der Waals surface area (Å²) in [6.45, 7) is 2.48. The summed E-state index contributed by atoms with van der Waals surface area (Å²) in [6.07, 6.45) is 0.989. The largest absolute Gasteiger partial charge is 0.357 e. The molecule has 0 unspecified atom stereocenters. The Balaban J connectivity index is 1.93. The summed E-state index contributed by atoms with van der Waals surface area (Å²) >= 11 is 0. The summed E-state index contributed by atoms with van der Waals surface area (Å²) in [5.41, 5.74) is 7.23. The van der Waals surface area contributed by atoms with Crippen LogP contribution in [0.1, 0.15) is 12.1 Å². The molecule has 0 aliphatic carbocycles. The number of hydrogen-bond donors (Lipinski definition) is 2. The molecule has 1 aromatic heterocycles. The summed E-state index contributed by atoms with van der Waals surface area (Å²) in [7, 11) is 0. The van der Waals surface area contributed by atoms with Gasteiger partial charge in [0.1, 0.15) is 5.82 Å². The van der Waals surface area contributed by atoms with E-state index in [4.69, 9.17) is 5.73 Å². The van der Waals surface area contributed by atoms with Gasteiger partial charge in [-0.1, -0.05) is 0 Å². The Morgan fingerprint density at radius 3 is 3.00 bits per heavy atom. The zero-order valence-corrected chi connectivity index (χ0v) is 10.5. The summed E-state index contributed by atoms with van der Waals surface area (Å²) < 4.78 is 13.1. The molecule has 1 aliphatic rings. The van der Waals surface area contributed by atoms with Gasteiger partial charge in [-0.15, -0.1) is 0 Å². The number of fused-ring (bicyclic) bond motifs is 1. The van der Waals surface area contributed by atoms with Crippen LogP contribution in [0.15, 0.2) is 29.1 Å². The van der Waals surface area contributed by atoms with Crippen LogP contribution in [0.4, 0.5) is 4.39 Å². The highest BCUT2D eigenvalue weighted by molar-refractivity contribution is 5.78. The Hall–Kier alpha value is -1.72. The van der Waals surface area contributed by atoms with Crippen LogP contribution >= 0.6 is 0 Å². The van der Waals surface area contributed by atoms with E-state index in [-0.39, 0.29) is 11.5 Å². The SMILES string of the molecule is N[C@H]1CCN(Cc2cc(=O)c3cc(F)ccc3[nH]2)C1. The molecule has 0 saturated carbocycles. The fourth-order valence-electron chi connectivity index (χ4n) is 2.61. The molecule has 3 N–H and O–H groups in total. The van der Waals surface area contributed by atoms with Crippen LogP contribution in [0, 0.1) is 5.82 Å². The summed E-state index contributed by atoms with van der Waals surface area (Å²) in [5, 5.41) is 0.391. The van der Waals surface area contributed by atoms with E-state index in [0.717, 1.165) is 25.2 Å². The fourth-order valence-corrected chi connectivity index (χ4v) is 2.61.